The van der Waals surface area contributed by atoms with Gasteiger partial charge in [-0.25, -0.2) is 0 Å². The van der Waals surface area contributed by atoms with Crippen LogP contribution in [0.5, 0.6) is 0 Å². The van der Waals surface area contributed by atoms with Gasteiger partial charge in [0.05, 0.1) is 11.4 Å². The second kappa shape index (κ2) is 9.13. The Labute approximate surface area is 126 Å². The van der Waals surface area contributed by atoms with E-state index in [0.29, 0.717) is 37.2 Å². The second-order valence-corrected chi connectivity index (χ2v) is 5.14. The fourth-order valence-corrected chi connectivity index (χ4v) is 1.90. The Kier molecular flexibility index (Phi) is 7.46. The number of nitrogens with one attached hydrogen (secondary N) is 2. The summed E-state index contributed by atoms with van der Waals surface area (Å²) in [5.41, 5.74) is 7.71. The average Bonchev–Trinajstić information content (AvgIpc) is 2.45. The van der Waals surface area contributed by atoms with Crippen LogP contribution >= 0.6 is 0 Å². The molecule has 1 rings (SSSR count). The normalized spacial score (nSPS) is 10.2. The molecule has 0 bridgehead atoms. The van der Waals surface area contributed by atoms with Crippen LogP contribution in [0.25, 0.3) is 0 Å². The van der Waals surface area contributed by atoms with Crippen LogP contribution in [0.4, 0.5) is 11.4 Å². The highest BCUT2D eigenvalue weighted by Gasteiger charge is 2.09. The highest BCUT2D eigenvalue weighted by atomic mass is 16.2. The molecule has 0 aliphatic heterocycles. The average molecular weight is 291 g/mol. The van der Waals surface area contributed by atoms with Crippen LogP contribution in [0.2, 0.25) is 0 Å². The Morgan fingerprint density at radius 1 is 1.05 bits per heavy atom. The number of nitrogens with two attached hydrogens (primary N) is 1. The van der Waals surface area contributed by atoms with Gasteiger partial charge in [-0.2, -0.15) is 0 Å². The van der Waals surface area contributed by atoms with E-state index in [4.69, 9.17) is 5.73 Å². The number of hydrogen-bond donors (Lipinski definition) is 3. The minimum Gasteiger partial charge on any atom is -0.330 e. The van der Waals surface area contributed by atoms with E-state index in [9.17, 15) is 9.59 Å². The molecule has 1 aromatic carbocycles. The predicted octanol–water partition coefficient (Wildman–Crippen LogP) is 2.80. The van der Waals surface area contributed by atoms with Crippen LogP contribution in [0, 0.1) is 6.92 Å². The lowest BCUT2D eigenvalue weighted by Gasteiger charge is -2.13. The molecule has 116 valence electrons. The third kappa shape index (κ3) is 6.40. The molecule has 21 heavy (non-hydrogen) atoms. The van der Waals surface area contributed by atoms with Crippen molar-refractivity contribution in [2.75, 3.05) is 17.2 Å². The zero-order valence-corrected chi connectivity index (χ0v) is 12.9. The van der Waals surface area contributed by atoms with E-state index < -0.39 is 0 Å². The summed E-state index contributed by atoms with van der Waals surface area (Å²) in [6.07, 6.45) is 3.36. The van der Waals surface area contributed by atoms with E-state index in [-0.39, 0.29) is 11.8 Å². The highest BCUT2D eigenvalue weighted by Crippen LogP contribution is 2.23. The minimum absolute atomic E-state index is 0.0295. The number of aryl methyl sites for hydroxylation is 1. The fraction of sp³-hybridized carbons (Fsp3) is 0.500. The van der Waals surface area contributed by atoms with Crippen LogP contribution in [-0.2, 0) is 9.59 Å². The van der Waals surface area contributed by atoms with Crippen molar-refractivity contribution in [3.05, 3.63) is 23.8 Å². The smallest absolute Gasteiger partial charge is 0.224 e. The largest absolute Gasteiger partial charge is 0.330 e. The summed E-state index contributed by atoms with van der Waals surface area (Å²) in [7, 11) is 0. The summed E-state index contributed by atoms with van der Waals surface area (Å²) in [5.74, 6) is -0.117. The third-order valence-corrected chi connectivity index (χ3v) is 3.09. The highest BCUT2D eigenvalue weighted by molar-refractivity contribution is 5.99. The standard InChI is InChI=1S/C16H25N3O2/c1-3-4-6-15(20)18-13-9-8-12(2)11-14(13)19-16(21)7-5-10-17/h8-9,11H,3-7,10,17H2,1-2H3,(H,18,20)(H,19,21). The quantitative estimate of drug-likeness (QED) is 0.688. The maximum absolute atomic E-state index is 11.8. The van der Waals surface area contributed by atoms with E-state index in [1.165, 1.54) is 0 Å². The molecule has 5 nitrogen and oxygen atoms in total. The summed E-state index contributed by atoms with van der Waals surface area (Å²) < 4.78 is 0. The van der Waals surface area contributed by atoms with Crippen molar-refractivity contribution in [3.63, 3.8) is 0 Å². The minimum atomic E-state index is -0.0879. The van der Waals surface area contributed by atoms with Gasteiger partial charge in [0.25, 0.3) is 0 Å². The van der Waals surface area contributed by atoms with E-state index in [0.717, 1.165) is 18.4 Å². The first-order valence-corrected chi connectivity index (χ1v) is 7.47. The molecule has 0 unspecified atom stereocenters. The van der Waals surface area contributed by atoms with Gasteiger partial charge in [-0.3, -0.25) is 9.59 Å². The summed E-state index contributed by atoms with van der Waals surface area (Å²) in [6, 6.07) is 5.58. The molecule has 1 aromatic rings. The molecule has 0 heterocycles. The Balaban J connectivity index is 2.74. The lowest BCUT2D eigenvalue weighted by Crippen LogP contribution is -2.17. The van der Waals surface area contributed by atoms with Gasteiger partial charge in [0.15, 0.2) is 0 Å². The summed E-state index contributed by atoms with van der Waals surface area (Å²) in [6.45, 7) is 4.47. The van der Waals surface area contributed by atoms with E-state index in [2.05, 4.69) is 10.6 Å². The van der Waals surface area contributed by atoms with Crippen molar-refractivity contribution >= 4 is 23.2 Å². The molecule has 0 saturated carbocycles. The number of carbonyl (C=O) groups is 2. The van der Waals surface area contributed by atoms with Crippen molar-refractivity contribution < 1.29 is 9.59 Å². The Morgan fingerprint density at radius 3 is 2.29 bits per heavy atom. The van der Waals surface area contributed by atoms with E-state index >= 15 is 0 Å². The van der Waals surface area contributed by atoms with Crippen molar-refractivity contribution in [2.24, 2.45) is 5.73 Å². The number of hydrogen-bond acceptors (Lipinski definition) is 3. The topological polar surface area (TPSA) is 84.2 Å². The lowest BCUT2D eigenvalue weighted by atomic mass is 10.1. The molecular weight excluding hydrogens is 266 g/mol. The van der Waals surface area contributed by atoms with Crippen molar-refractivity contribution in [1.82, 2.24) is 0 Å². The van der Waals surface area contributed by atoms with Crippen molar-refractivity contribution in [3.8, 4) is 0 Å². The maximum atomic E-state index is 11.8. The lowest BCUT2D eigenvalue weighted by molar-refractivity contribution is -0.117. The zero-order chi connectivity index (χ0) is 15.7. The number of carbonyl (C=O) groups excluding carboxylic acids is 2. The number of benzene rings is 1. The maximum Gasteiger partial charge on any atom is 0.224 e. The summed E-state index contributed by atoms with van der Waals surface area (Å²) >= 11 is 0. The summed E-state index contributed by atoms with van der Waals surface area (Å²) in [5, 5.41) is 5.69. The van der Waals surface area contributed by atoms with Gasteiger partial charge in [-0.15, -0.1) is 0 Å². The zero-order valence-electron chi connectivity index (χ0n) is 12.9. The number of rotatable bonds is 8. The fourth-order valence-electron chi connectivity index (χ4n) is 1.90. The molecule has 0 aliphatic carbocycles. The van der Waals surface area contributed by atoms with Gasteiger partial charge in [-0.05, 0) is 44.0 Å². The number of unbranched alkanes of at least 4 members (excludes halogenated alkanes) is 1. The van der Waals surface area contributed by atoms with Gasteiger partial charge in [0.1, 0.15) is 0 Å². The molecule has 0 spiro atoms. The Bertz CT molecular complexity index is 486. The second-order valence-electron chi connectivity index (χ2n) is 5.14. The van der Waals surface area contributed by atoms with Crippen LogP contribution < -0.4 is 16.4 Å². The Hall–Kier alpha value is -1.88. The molecule has 0 aromatic heterocycles. The summed E-state index contributed by atoms with van der Waals surface area (Å²) in [4.78, 5) is 23.6. The Morgan fingerprint density at radius 2 is 1.67 bits per heavy atom. The molecule has 0 saturated heterocycles. The molecule has 0 aliphatic rings. The predicted molar refractivity (Wildman–Crippen MR) is 86.3 cm³/mol. The van der Waals surface area contributed by atoms with E-state index in [1.807, 2.05) is 32.0 Å². The van der Waals surface area contributed by atoms with Gasteiger partial charge >= 0.3 is 0 Å². The van der Waals surface area contributed by atoms with Crippen LogP contribution in [0.15, 0.2) is 18.2 Å². The van der Waals surface area contributed by atoms with E-state index in [1.54, 1.807) is 0 Å². The number of anilines is 2. The monoisotopic (exact) mass is 291 g/mol. The third-order valence-electron chi connectivity index (χ3n) is 3.09. The van der Waals surface area contributed by atoms with Crippen LogP contribution in [0.3, 0.4) is 0 Å². The van der Waals surface area contributed by atoms with Gasteiger partial charge in [0.2, 0.25) is 11.8 Å². The molecule has 0 atom stereocenters. The van der Waals surface area contributed by atoms with Gasteiger partial charge < -0.3 is 16.4 Å². The van der Waals surface area contributed by atoms with Crippen LogP contribution in [-0.4, -0.2) is 18.4 Å². The van der Waals surface area contributed by atoms with Gasteiger partial charge in [0, 0.05) is 12.8 Å². The SMILES string of the molecule is CCCCC(=O)Nc1ccc(C)cc1NC(=O)CCCN. The molecular formula is C16H25N3O2. The first kappa shape index (κ1) is 17.2. The number of amides is 2. The molecule has 0 radical (unpaired) electrons. The molecule has 2 amide bonds. The molecule has 0 fully saturated rings. The molecule has 5 heteroatoms. The first-order valence-electron chi connectivity index (χ1n) is 7.47. The van der Waals surface area contributed by atoms with Gasteiger partial charge in [-0.1, -0.05) is 19.4 Å². The van der Waals surface area contributed by atoms with Crippen molar-refractivity contribution in [1.29, 1.82) is 0 Å². The van der Waals surface area contributed by atoms with Crippen LogP contribution in [0.1, 0.15) is 44.6 Å². The molecule has 4 N–H and O–H groups in total. The first-order chi connectivity index (χ1) is 10.1. The van der Waals surface area contributed by atoms with Crippen molar-refractivity contribution in [2.45, 2.75) is 46.0 Å².